The molecule has 0 unspecified atom stereocenters. The predicted octanol–water partition coefficient (Wildman–Crippen LogP) is 6.07. The summed E-state index contributed by atoms with van der Waals surface area (Å²) in [6, 6.07) is 21.3. The number of halogens is 2. The molecule has 5 aromatic rings. The number of carboxylic acids is 3. The lowest BCUT2D eigenvalue weighted by Gasteiger charge is -2.24. The number of hydrogen-bond acceptors (Lipinski definition) is 10. The van der Waals surface area contributed by atoms with Crippen molar-refractivity contribution < 1.29 is 53.6 Å². The predicted molar refractivity (Wildman–Crippen MR) is 239 cm³/mol. The Balaban J connectivity index is 1.06. The van der Waals surface area contributed by atoms with Gasteiger partial charge in [0.25, 0.3) is 11.8 Å². The third-order valence-corrected chi connectivity index (χ3v) is 11.1. The van der Waals surface area contributed by atoms with Gasteiger partial charge >= 0.3 is 17.9 Å². The molecule has 5 aromatic carbocycles. The molecular formula is C48H29Cl2N3O12. The number of nitrogens with one attached hydrogen (secondary N) is 2. The van der Waals surface area contributed by atoms with E-state index in [9.17, 15) is 49.2 Å². The summed E-state index contributed by atoms with van der Waals surface area (Å²) in [4.78, 5) is 75.8. The van der Waals surface area contributed by atoms with Crippen LogP contribution in [-0.2, 0) is 11.3 Å². The summed E-state index contributed by atoms with van der Waals surface area (Å²) in [5.41, 5.74) is 6.09. The first-order valence-corrected chi connectivity index (χ1v) is 19.8. The molecule has 1 aliphatic carbocycles. The fourth-order valence-corrected chi connectivity index (χ4v) is 8.14. The monoisotopic (exact) mass is 909 g/mol. The van der Waals surface area contributed by atoms with Gasteiger partial charge in [-0.3, -0.25) is 14.4 Å². The van der Waals surface area contributed by atoms with E-state index in [4.69, 9.17) is 38.1 Å². The molecule has 0 aromatic heterocycles. The normalized spacial score (nSPS) is 11.4. The molecule has 2 amide bonds. The summed E-state index contributed by atoms with van der Waals surface area (Å²) in [6.45, 7) is 3.14. The van der Waals surface area contributed by atoms with Gasteiger partial charge < -0.3 is 45.9 Å². The van der Waals surface area contributed by atoms with Gasteiger partial charge in [0.15, 0.2) is 5.43 Å². The molecule has 8 rings (SSSR count). The van der Waals surface area contributed by atoms with Crippen molar-refractivity contribution in [3.63, 3.8) is 0 Å². The van der Waals surface area contributed by atoms with Crippen molar-refractivity contribution in [2.24, 2.45) is 0 Å². The Kier molecular flexibility index (Phi) is 11.2. The van der Waals surface area contributed by atoms with E-state index >= 15 is 0 Å². The maximum atomic E-state index is 13.4. The van der Waals surface area contributed by atoms with Gasteiger partial charge in [-0.05, 0) is 77.4 Å². The van der Waals surface area contributed by atoms with E-state index in [0.29, 0.717) is 44.3 Å². The van der Waals surface area contributed by atoms with Crippen LogP contribution >= 0.6 is 23.2 Å². The molecule has 8 N–H and O–H groups in total. The molecule has 2 aliphatic heterocycles. The van der Waals surface area contributed by atoms with E-state index < -0.39 is 52.3 Å². The van der Waals surface area contributed by atoms with Crippen molar-refractivity contribution in [2.75, 3.05) is 12.3 Å². The Morgan fingerprint density at radius 1 is 0.754 bits per heavy atom. The quantitative estimate of drug-likeness (QED) is 0.0494. The van der Waals surface area contributed by atoms with Crippen LogP contribution in [0.5, 0.6) is 17.2 Å². The van der Waals surface area contributed by atoms with Crippen LogP contribution < -0.4 is 37.0 Å². The van der Waals surface area contributed by atoms with Crippen LogP contribution in [0.25, 0.3) is 45.6 Å². The molecular weight excluding hydrogens is 881 g/mol. The highest BCUT2D eigenvalue weighted by Gasteiger charge is 2.31. The number of phenolic OH excluding ortho intramolecular Hbond substituents is 1. The Morgan fingerprint density at radius 3 is 2.25 bits per heavy atom. The smallest absolute Gasteiger partial charge is 0.337 e. The number of carbonyl (C=O) groups excluding carboxylic acids is 2. The summed E-state index contributed by atoms with van der Waals surface area (Å²) in [5, 5.41) is 46.8. The second-order valence-electron chi connectivity index (χ2n) is 14.5. The lowest BCUT2D eigenvalue weighted by molar-refractivity contribution is -0.115. The number of rotatable bonds is 9. The van der Waals surface area contributed by atoms with Gasteiger partial charge in [-0.25, -0.2) is 14.4 Å². The molecule has 65 heavy (non-hydrogen) atoms. The van der Waals surface area contributed by atoms with Crippen LogP contribution in [0.3, 0.4) is 0 Å². The van der Waals surface area contributed by atoms with Crippen molar-refractivity contribution >= 4 is 81.7 Å². The molecule has 0 fully saturated rings. The largest absolute Gasteiger partial charge is 0.507 e. The van der Waals surface area contributed by atoms with E-state index in [1.165, 1.54) is 42.5 Å². The first-order chi connectivity index (χ1) is 31.0. The zero-order chi connectivity index (χ0) is 46.4. The summed E-state index contributed by atoms with van der Waals surface area (Å²) in [7, 11) is 0. The van der Waals surface area contributed by atoms with Crippen LogP contribution in [0.1, 0.15) is 58.1 Å². The molecule has 3 aliphatic rings. The van der Waals surface area contributed by atoms with E-state index in [2.05, 4.69) is 29.1 Å². The summed E-state index contributed by atoms with van der Waals surface area (Å²) in [6.07, 6.45) is 0. The number of nitrogen functional groups attached to an aromatic ring is 1. The molecule has 322 valence electrons. The number of nitrogens with two attached hydrogens (primary N) is 1. The molecule has 0 spiro atoms. The Hall–Kier alpha value is -8.58. The first kappa shape index (κ1) is 43.1. The van der Waals surface area contributed by atoms with E-state index in [1.54, 1.807) is 36.4 Å². The minimum Gasteiger partial charge on any atom is -0.507 e. The molecule has 0 saturated carbocycles. The second kappa shape index (κ2) is 16.9. The highest BCUT2D eigenvalue weighted by Crippen LogP contribution is 2.45. The number of aromatic hydroxyl groups is 1. The van der Waals surface area contributed by atoms with Crippen LogP contribution in [0.2, 0.25) is 10.0 Å². The van der Waals surface area contributed by atoms with Crippen molar-refractivity contribution in [1.82, 2.24) is 10.6 Å². The molecule has 2 heterocycles. The lowest BCUT2D eigenvalue weighted by atomic mass is 9.88. The second-order valence-corrected chi connectivity index (χ2v) is 15.2. The molecule has 0 saturated heterocycles. The van der Waals surface area contributed by atoms with Gasteiger partial charge in [-0.1, -0.05) is 53.9 Å². The van der Waals surface area contributed by atoms with Gasteiger partial charge in [0, 0.05) is 56.3 Å². The highest BCUT2D eigenvalue weighted by atomic mass is 35.5. The van der Waals surface area contributed by atoms with Gasteiger partial charge in [-0.2, -0.15) is 0 Å². The van der Waals surface area contributed by atoms with Crippen molar-refractivity contribution in [1.29, 1.82) is 0 Å². The number of ether oxygens (including phenoxy) is 1. The molecule has 0 radical (unpaired) electrons. The number of benzene rings is 6. The number of carboxylic acid groups (broad SMARTS) is 3. The minimum atomic E-state index is -1.48. The average molecular weight is 911 g/mol. The summed E-state index contributed by atoms with van der Waals surface area (Å²) >= 11 is 13.5. The zero-order valence-corrected chi connectivity index (χ0v) is 34.7. The third kappa shape index (κ3) is 8.02. The van der Waals surface area contributed by atoms with E-state index in [1.807, 2.05) is 0 Å². The van der Waals surface area contributed by atoms with Crippen LogP contribution in [0, 0.1) is 11.8 Å². The maximum absolute atomic E-state index is 13.4. The molecule has 0 bridgehead atoms. The Bertz CT molecular complexity index is 3500. The standard InChI is InChI=1S/C48H29Cl2N3O12/c1-21-4-8-27-35(15-21)64-36-17-23(51)6-10-28(36)40(27)41-33(49)19-31(43(50)42(41)48(62)63)45(57)52-14-2-3-38(56)53-20-32-34(55)13-12-29-39(26-11-7-24(54)18-37(26)65-44(29)32)25-9-5-22(46(58)59)16-30(25)47(60)61/h4-13,15-19,55H,1,14,20,51H2,(H,52,57)(H,53,56)(H,58,59)(H,60,61)(H,62,63). The van der Waals surface area contributed by atoms with Crippen LogP contribution in [0.15, 0.2) is 100 Å². The number of anilines is 1. The van der Waals surface area contributed by atoms with E-state index in [-0.39, 0.29) is 73.0 Å². The number of amides is 2. The summed E-state index contributed by atoms with van der Waals surface area (Å²) in [5.74, 6) is -0.815. The van der Waals surface area contributed by atoms with Gasteiger partial charge in [0.2, 0.25) is 0 Å². The van der Waals surface area contributed by atoms with E-state index in [0.717, 1.165) is 12.1 Å². The maximum Gasteiger partial charge on any atom is 0.337 e. The molecule has 17 heteroatoms. The molecule has 0 atom stereocenters. The van der Waals surface area contributed by atoms with Crippen molar-refractivity contribution in [2.45, 2.75) is 6.54 Å². The topological polar surface area (TPSA) is 256 Å². The highest BCUT2D eigenvalue weighted by molar-refractivity contribution is 6.40. The first-order valence-electron chi connectivity index (χ1n) is 19.1. The minimum absolute atomic E-state index is 0.00956. The van der Waals surface area contributed by atoms with Crippen LogP contribution in [0.4, 0.5) is 5.69 Å². The van der Waals surface area contributed by atoms with Gasteiger partial charge in [0.1, 0.15) is 28.6 Å². The number of hydrogen-bond donors (Lipinski definition) is 7. The average Bonchev–Trinajstić information content (AvgIpc) is 3.25. The fourth-order valence-electron chi connectivity index (χ4n) is 7.53. The van der Waals surface area contributed by atoms with Crippen molar-refractivity contribution in [3.8, 4) is 51.5 Å². The number of aromatic carboxylic acids is 3. The Labute approximate surface area is 375 Å². The molecule has 15 nitrogen and oxygen atoms in total. The third-order valence-electron chi connectivity index (χ3n) is 10.4. The number of fused-ring (bicyclic) bond motifs is 4. The number of phenols is 1. The van der Waals surface area contributed by atoms with Crippen LogP contribution in [-0.4, -0.2) is 56.7 Å². The van der Waals surface area contributed by atoms with Gasteiger partial charge in [0.05, 0.1) is 51.0 Å². The van der Waals surface area contributed by atoms with Crippen molar-refractivity contribution in [3.05, 3.63) is 161 Å². The van der Waals surface area contributed by atoms with Gasteiger partial charge in [-0.15, -0.1) is 0 Å². The lowest BCUT2D eigenvalue weighted by Crippen LogP contribution is -2.26. The zero-order valence-electron chi connectivity index (χ0n) is 33.2. The fraction of sp³-hybridized carbons (Fsp3) is 0.0417. The summed E-state index contributed by atoms with van der Waals surface area (Å²) < 4.78 is 12.2. The Morgan fingerprint density at radius 2 is 1.51 bits per heavy atom. The number of carbonyl (C=O) groups is 5. The SMILES string of the molecule is C=c1ccc2c(c1)Oc1cc(N)ccc1C=2c1c(Cl)cc(C(=O)NCC#CC(=O)NCc2c(O)ccc3c(-c4ccc(C(=O)O)cc4C(=O)O)c4ccc(=O)cc-4oc23)c(Cl)c1C(=O)O.